The minimum Gasteiger partial charge on any atom is -0.466 e. The topological polar surface area (TPSA) is 166 Å². The summed E-state index contributed by atoms with van der Waals surface area (Å²) in [6.45, 7) is 123. The van der Waals surface area contributed by atoms with E-state index in [0.29, 0.717) is 17.2 Å². The lowest BCUT2D eigenvalue weighted by atomic mass is 10.2. The van der Waals surface area contributed by atoms with Gasteiger partial charge in [-0.25, -0.2) is 0 Å². The van der Waals surface area contributed by atoms with Crippen LogP contribution in [0.4, 0.5) is 34.6 Å². The monoisotopic (exact) mass is 2410 g/mol. The normalized spacial score (nSPS) is 10.9. The van der Waals surface area contributed by atoms with Crippen LogP contribution in [0.15, 0.2) is 109 Å². The standard InChI is InChI=1S/C14H23NOSi.C13H21NOSi.C12H22Si2.C10H13NO.C7H20Si2.C6H18OSi2.C5H11I.C5H11NO.C5H14Si.C5H12.C4H9I.C4H9NO.C4H8O2.C4H12OSi.C3H5F3.3C3H8.CH3F.CH4/c1-6-10-17(4,5)14-9-7-8-13(11-14)15(3)12(2)16;1-5-16(3,4)11-14(12(2)15)13-9-7-6-8-10-13;1-13(2,3)11-7-9-12(10-8-11)14(4,5)6;1-3-11(9(2)12)10-7-5-4-6-8-10;2*1-8(2,3)7-9(4,5)6;1-4-5(2,3)6;1-4-6(3)5(2)7;1-5-6(2,3)4;1-4-5(2)3;1-3-4(2)5;1-3-5-4(2)6;1-3-6-4(2)5;1-4-6(2,3)5;1-2-3(4,5)6;3*1-3-2;1-2;/h7-9,11H,6,10H2,1-5H3;6-10H,5,11H2,1-4H3;7-10H,1-6H3;4-8H,3H2,1-2H3;7H2,1-6H3;1-6H3;4H2,1-3H3;4H2,1-3H3;5H2,1-4H3;5H,4H2,1-3H3;4H,3H2,1-2H3;3H2,1-2H3,(H,5,6);3H2,1-2H3;5H,4H2,1-3H3;2H2,1H3;3*3H2,1-2H3;1H3;1H4. The third-order valence-electron chi connectivity index (χ3n) is 18.7. The van der Waals surface area contributed by atoms with Gasteiger partial charge in [0.05, 0.1) is 46.1 Å². The van der Waals surface area contributed by atoms with Gasteiger partial charge in [-0.05, 0) is 141 Å². The van der Waals surface area contributed by atoms with Crippen molar-refractivity contribution in [2.24, 2.45) is 5.92 Å². The Balaban J connectivity index is -0.0000000863. The van der Waals surface area contributed by atoms with E-state index in [1.165, 1.54) is 82.1 Å². The Morgan fingerprint density at radius 1 is 0.444 bits per heavy atom. The molecule has 4 rings (SSSR count). The van der Waals surface area contributed by atoms with E-state index in [1.54, 1.807) is 72.4 Å². The second kappa shape index (κ2) is 98.7. The van der Waals surface area contributed by atoms with Gasteiger partial charge in [0.1, 0.15) is 0 Å². The molecule has 4 aromatic rings. The number of amides is 5. The van der Waals surface area contributed by atoms with Crippen molar-refractivity contribution in [3.05, 3.63) is 109 Å². The van der Waals surface area contributed by atoms with E-state index in [9.17, 15) is 46.3 Å². The number of alkyl halides is 6. The number of hydrogen-bond acceptors (Lipinski definition) is 9. The number of benzene rings is 4. The predicted octanol–water partition coefficient (Wildman–Crippen LogP) is 36.1. The van der Waals surface area contributed by atoms with Crippen LogP contribution in [-0.2, 0) is 37.6 Å². The molecule has 2 N–H and O–H groups in total. The highest BCUT2D eigenvalue weighted by atomic mass is 127. The molecule has 0 aromatic heterocycles. The fourth-order valence-electron chi connectivity index (χ4n) is 9.47. The molecule has 0 aliphatic carbocycles. The number of para-hydroxylation sites is 2. The third kappa shape index (κ3) is 152. The molecule has 14 nitrogen and oxygen atoms in total. The van der Waals surface area contributed by atoms with Crippen molar-refractivity contribution in [1.29, 1.82) is 0 Å². The fourth-order valence-corrected chi connectivity index (χ4v) is 36.0. The van der Waals surface area contributed by atoms with Crippen LogP contribution in [0.25, 0.3) is 0 Å². The molecular weight excluding hydrogens is 2170 g/mol. The Kier molecular flexibility index (Phi) is 122. The zero-order chi connectivity index (χ0) is 116. The molecule has 848 valence electrons. The van der Waals surface area contributed by atoms with E-state index in [1.807, 2.05) is 119 Å². The number of halogens is 6. The number of carbonyl (C=O) groups is 6. The van der Waals surface area contributed by atoms with Gasteiger partial charge < -0.3 is 38.6 Å². The molecule has 0 heterocycles. The maximum absolute atomic E-state index is 11.7. The van der Waals surface area contributed by atoms with Gasteiger partial charge >= 0.3 is 12.1 Å². The first-order valence-electron chi connectivity index (χ1n) is 52.4. The second-order valence-electron chi connectivity index (χ2n) is 45.3. The molecule has 142 heavy (non-hydrogen) atoms. The Hall–Kier alpha value is -3.03. The number of carbonyl (C=O) groups excluding carboxylic acids is 6. The minimum absolute atomic E-state index is 0. The molecule has 0 radical (unpaired) electrons. The number of anilines is 3. The first-order chi connectivity index (χ1) is 63.5. The molecule has 0 bridgehead atoms. The lowest BCUT2D eigenvalue weighted by Crippen LogP contribution is -2.44. The summed E-state index contributed by atoms with van der Waals surface area (Å²) < 4.78 is 53.5. The largest absolute Gasteiger partial charge is 0.466 e. The summed E-state index contributed by atoms with van der Waals surface area (Å²) in [5.41, 5.74) is 4.56. The van der Waals surface area contributed by atoms with Crippen molar-refractivity contribution in [2.75, 3.05) is 68.4 Å². The molecule has 4 aromatic carbocycles. The molecule has 0 saturated heterocycles. The zero-order valence-electron chi connectivity index (χ0n) is 104. The first-order valence-corrected chi connectivity index (χ1v) is 89.4. The van der Waals surface area contributed by atoms with Gasteiger partial charge in [0.25, 0.3) is 0 Å². The number of ether oxygens (including phenoxy) is 1. The molecular formula is C112H239F4I2N5O9Si10. The summed E-state index contributed by atoms with van der Waals surface area (Å²) in [4.78, 5) is 80.2. The Bertz CT molecular complexity index is 3340. The van der Waals surface area contributed by atoms with Crippen molar-refractivity contribution in [3.63, 3.8) is 0 Å². The fraction of sp³-hybridized carbons (Fsp3) is 0.732. The highest BCUT2D eigenvalue weighted by Gasteiger charge is 2.28. The van der Waals surface area contributed by atoms with E-state index < -0.39 is 94.1 Å². The molecule has 1 atom stereocenters. The smallest absolute Gasteiger partial charge is 0.388 e. The van der Waals surface area contributed by atoms with Crippen molar-refractivity contribution in [1.82, 2.24) is 10.2 Å². The maximum Gasteiger partial charge on any atom is 0.388 e. The minimum atomic E-state index is -3.96. The molecule has 0 aliphatic heterocycles. The average Bonchev–Trinajstić information content (AvgIpc) is 0.830. The molecule has 1 unspecified atom stereocenters. The molecule has 0 fully saturated rings. The number of nitrogens with one attached hydrogen (secondary N) is 1. The van der Waals surface area contributed by atoms with Crippen molar-refractivity contribution in [3.8, 4) is 0 Å². The Morgan fingerprint density at radius 2 is 0.746 bits per heavy atom. The lowest BCUT2D eigenvalue weighted by molar-refractivity contribution is -0.140. The highest BCUT2D eigenvalue weighted by molar-refractivity contribution is 14.1. The van der Waals surface area contributed by atoms with Crippen LogP contribution in [0.5, 0.6) is 0 Å². The summed E-state index contributed by atoms with van der Waals surface area (Å²) in [5, 5.41) is 7.14. The molecule has 30 heteroatoms. The van der Waals surface area contributed by atoms with Crippen LogP contribution in [0.1, 0.15) is 260 Å². The number of nitrogens with zero attached hydrogens (tertiary/aromatic N) is 4. The first kappa shape index (κ1) is 175. The Morgan fingerprint density at radius 3 is 0.887 bits per heavy atom. The SMILES string of the molecule is C.CCC.CCC.CCC.CCC(C)(C)I.CCC(C)C.CCC(C)I.CCC(F)(F)F.CCC[Si](C)(C)c1cccc(N(C)C(C)=O)c1.CCN(C(C)=O)c1ccccc1.CCN(C)C(C)=O.CCNC(C)=O.CCOC(C)=O.CC[Si](C)(C)C.CC[Si](C)(C)CN(C(C)=O)c1ccccc1.CC[Si](C)(C)O.CF.C[Si](C)(C)C[Si](C)(C)C.C[Si](C)(C)O[Si](C)(C)C.C[Si](C)(C)c1ccc([Si](C)(C)C)cc1. The zero-order valence-corrected chi connectivity index (χ0v) is 118. The molecule has 5 amide bonds. The van der Waals surface area contributed by atoms with E-state index in [-0.39, 0.29) is 42.9 Å². The summed E-state index contributed by atoms with van der Waals surface area (Å²) in [6.07, 6.45) is 5.05. The van der Waals surface area contributed by atoms with Gasteiger partial charge in [-0.1, -0.05) is 453 Å². The van der Waals surface area contributed by atoms with Crippen LogP contribution in [0.3, 0.4) is 0 Å². The van der Waals surface area contributed by atoms with Crippen molar-refractivity contribution in [2.45, 2.75) is 480 Å². The van der Waals surface area contributed by atoms with E-state index >= 15 is 0 Å². The molecule has 0 spiro atoms. The predicted molar refractivity (Wildman–Crippen MR) is 687 cm³/mol. The number of hydrogen-bond donors (Lipinski definition) is 2. The van der Waals surface area contributed by atoms with Gasteiger partial charge in [-0.3, -0.25) is 33.2 Å². The van der Waals surface area contributed by atoms with Crippen LogP contribution in [-0.4, -0.2) is 194 Å². The van der Waals surface area contributed by atoms with Crippen LogP contribution < -0.4 is 35.6 Å². The van der Waals surface area contributed by atoms with Gasteiger partial charge in [-0.2, -0.15) is 13.2 Å². The van der Waals surface area contributed by atoms with Gasteiger partial charge in [0.15, 0.2) is 25.0 Å². The number of rotatable bonds is 24. The number of esters is 1. The quantitative estimate of drug-likeness (QED) is 0.0228. The van der Waals surface area contributed by atoms with Crippen LogP contribution >= 0.6 is 45.2 Å². The summed E-state index contributed by atoms with van der Waals surface area (Å²) in [7, 11) is -6.89. The highest BCUT2D eigenvalue weighted by Crippen LogP contribution is 2.24. The second-order valence-corrected chi connectivity index (χ2v) is 102. The van der Waals surface area contributed by atoms with E-state index in [0.717, 1.165) is 65.7 Å². The van der Waals surface area contributed by atoms with Crippen molar-refractivity contribution < 1.29 is 60.0 Å². The van der Waals surface area contributed by atoms with E-state index in [2.05, 4.69) is 379 Å². The van der Waals surface area contributed by atoms with Crippen molar-refractivity contribution >= 4 is 195 Å². The van der Waals surface area contributed by atoms with E-state index in [4.69, 9.17) is 8.91 Å². The van der Waals surface area contributed by atoms with Crippen LogP contribution in [0.2, 0.25) is 207 Å². The maximum atomic E-state index is 11.7. The van der Waals surface area contributed by atoms with Crippen LogP contribution in [0, 0.1) is 5.92 Å². The summed E-state index contributed by atoms with van der Waals surface area (Å²) in [6, 6.07) is 42.3. The lowest BCUT2D eigenvalue weighted by Gasteiger charge is -2.30. The average molecular weight is 2410 g/mol. The van der Waals surface area contributed by atoms with Gasteiger partial charge in [0.2, 0.25) is 29.5 Å². The Labute approximate surface area is 920 Å². The molecule has 0 aliphatic rings. The van der Waals surface area contributed by atoms with Gasteiger partial charge in [-0.15, -0.1) is 0 Å². The third-order valence-corrected chi connectivity index (χ3v) is 48.5. The molecule has 0 saturated carbocycles. The summed E-state index contributed by atoms with van der Waals surface area (Å²) >= 11 is 4.85. The van der Waals surface area contributed by atoms with Gasteiger partial charge in [0, 0.05) is 136 Å². The summed E-state index contributed by atoms with van der Waals surface area (Å²) in [5.74, 6) is 1.15.